The number of carbonyl (C=O) groups excluding carboxylic acids is 1. The molecule has 214 valence electrons. The minimum Gasteiger partial charge on any atom is -0.462 e. The van der Waals surface area contributed by atoms with Gasteiger partial charge in [-0.05, 0) is 85.7 Å². The van der Waals surface area contributed by atoms with E-state index in [0.717, 1.165) is 36.8 Å². The van der Waals surface area contributed by atoms with E-state index in [0.29, 0.717) is 55.0 Å². The van der Waals surface area contributed by atoms with Crippen LogP contribution in [0.5, 0.6) is 0 Å². The molecule has 3 aliphatic carbocycles. The van der Waals surface area contributed by atoms with E-state index in [1.54, 1.807) is 5.57 Å². The first-order valence-electron chi connectivity index (χ1n) is 15.4. The van der Waals surface area contributed by atoms with E-state index in [1.165, 1.54) is 25.7 Å². The largest absolute Gasteiger partial charge is 0.462 e. The van der Waals surface area contributed by atoms with E-state index in [-0.39, 0.29) is 30.7 Å². The molecule has 5 heteroatoms. The average molecular weight is 529 g/mol. The summed E-state index contributed by atoms with van der Waals surface area (Å²) in [5.41, 5.74) is 4.06. The molecule has 0 aromatic rings. The second-order valence-electron chi connectivity index (χ2n) is 13.0. The van der Waals surface area contributed by atoms with Gasteiger partial charge in [0.1, 0.15) is 6.10 Å². The summed E-state index contributed by atoms with van der Waals surface area (Å²) in [5, 5.41) is 19.7. The smallest absolute Gasteiger partial charge is 0.309 e. The Hall–Kier alpha value is -1.43. The van der Waals surface area contributed by atoms with Crippen LogP contribution in [-0.4, -0.2) is 47.7 Å². The number of rotatable bonds is 10. The Kier molecular flexibility index (Phi) is 9.97. The molecule has 0 amide bonds. The number of hydrogen-bond donors (Lipinski definition) is 2. The first-order valence-corrected chi connectivity index (χ1v) is 15.4. The van der Waals surface area contributed by atoms with Crippen LogP contribution in [0.25, 0.3) is 0 Å². The molecule has 3 saturated carbocycles. The van der Waals surface area contributed by atoms with Crippen molar-refractivity contribution in [1.29, 1.82) is 0 Å². The predicted molar refractivity (Wildman–Crippen MR) is 151 cm³/mol. The van der Waals surface area contributed by atoms with Crippen LogP contribution in [-0.2, 0) is 14.3 Å². The molecule has 4 fully saturated rings. The summed E-state index contributed by atoms with van der Waals surface area (Å²) in [5.74, 6) is 2.21. The number of allylic oxidation sites excluding steroid dienone is 3. The van der Waals surface area contributed by atoms with Crippen molar-refractivity contribution in [2.24, 2.45) is 35.0 Å². The highest BCUT2D eigenvalue weighted by molar-refractivity contribution is 5.74. The molecule has 0 aromatic carbocycles. The van der Waals surface area contributed by atoms with Gasteiger partial charge in [-0.1, -0.05) is 58.4 Å². The number of fused-ring (bicyclic) bond motifs is 1. The van der Waals surface area contributed by atoms with Crippen molar-refractivity contribution in [3.63, 3.8) is 0 Å². The number of carbonyl (C=O) groups is 1. The predicted octanol–water partition coefficient (Wildman–Crippen LogP) is 6.54. The normalized spacial score (nSPS) is 40.5. The summed E-state index contributed by atoms with van der Waals surface area (Å²) in [6, 6.07) is 0. The Balaban J connectivity index is 1.42. The summed E-state index contributed by atoms with van der Waals surface area (Å²) in [4.78, 5) is 12.4. The second-order valence-corrected chi connectivity index (χ2v) is 13.0. The van der Waals surface area contributed by atoms with Gasteiger partial charge >= 0.3 is 5.97 Å². The van der Waals surface area contributed by atoms with E-state index in [4.69, 9.17) is 14.6 Å². The molecule has 1 saturated heterocycles. The lowest BCUT2D eigenvalue weighted by atomic mass is 9.60. The van der Waals surface area contributed by atoms with Gasteiger partial charge in [-0.15, -0.1) is 0 Å². The maximum Gasteiger partial charge on any atom is 0.309 e. The molecular weight excluding hydrogens is 476 g/mol. The van der Waals surface area contributed by atoms with Crippen molar-refractivity contribution >= 4 is 5.97 Å². The summed E-state index contributed by atoms with van der Waals surface area (Å²) in [6.45, 7) is 14.1. The Morgan fingerprint density at radius 3 is 2.79 bits per heavy atom. The lowest BCUT2D eigenvalue weighted by molar-refractivity contribution is -0.144. The summed E-state index contributed by atoms with van der Waals surface area (Å²) >= 11 is 0. The summed E-state index contributed by atoms with van der Waals surface area (Å²) in [6.07, 6.45) is 15.0. The van der Waals surface area contributed by atoms with Crippen LogP contribution in [0.3, 0.4) is 0 Å². The summed E-state index contributed by atoms with van der Waals surface area (Å²) in [7, 11) is 0. The van der Waals surface area contributed by atoms with Gasteiger partial charge in [-0.25, -0.2) is 0 Å². The molecular formula is C33H52O5. The number of esters is 1. The molecule has 0 bridgehead atoms. The van der Waals surface area contributed by atoms with Crippen molar-refractivity contribution in [3.8, 4) is 0 Å². The number of ether oxygens (including phenoxy) is 2. The van der Waals surface area contributed by atoms with Crippen molar-refractivity contribution in [1.82, 2.24) is 0 Å². The van der Waals surface area contributed by atoms with Crippen LogP contribution < -0.4 is 0 Å². The fourth-order valence-electron chi connectivity index (χ4n) is 8.45. The fourth-order valence-corrected chi connectivity index (χ4v) is 8.45. The van der Waals surface area contributed by atoms with E-state index in [9.17, 15) is 9.90 Å². The lowest BCUT2D eigenvalue weighted by Gasteiger charge is -2.45. The highest BCUT2D eigenvalue weighted by Crippen LogP contribution is 2.60. The highest BCUT2D eigenvalue weighted by Gasteiger charge is 2.52. The molecule has 4 rings (SSSR count). The molecule has 0 aromatic heterocycles. The zero-order valence-electron chi connectivity index (χ0n) is 24.3. The van der Waals surface area contributed by atoms with Crippen LogP contribution in [0, 0.1) is 35.0 Å². The number of cyclic esters (lactones) is 1. The van der Waals surface area contributed by atoms with Crippen LogP contribution in [0.2, 0.25) is 0 Å². The minimum absolute atomic E-state index is 0.00421. The van der Waals surface area contributed by atoms with Gasteiger partial charge in [-0.3, -0.25) is 4.79 Å². The van der Waals surface area contributed by atoms with Crippen molar-refractivity contribution in [2.45, 2.75) is 117 Å². The third kappa shape index (κ3) is 6.15. The molecule has 4 aliphatic rings. The number of aliphatic hydroxyl groups is 2. The molecule has 0 radical (unpaired) electrons. The zero-order chi connectivity index (χ0) is 27.4. The lowest BCUT2D eigenvalue weighted by Crippen LogP contribution is -2.37. The van der Waals surface area contributed by atoms with Crippen LogP contribution >= 0.6 is 0 Å². The van der Waals surface area contributed by atoms with Crippen LogP contribution in [0.1, 0.15) is 98.3 Å². The molecule has 2 N–H and O–H groups in total. The number of aliphatic hydroxyl groups excluding tert-OH is 2. The zero-order valence-corrected chi connectivity index (χ0v) is 24.3. The number of hydrogen-bond acceptors (Lipinski definition) is 5. The Morgan fingerprint density at radius 1 is 1.26 bits per heavy atom. The van der Waals surface area contributed by atoms with Gasteiger partial charge in [0.2, 0.25) is 0 Å². The van der Waals surface area contributed by atoms with Gasteiger partial charge in [0.05, 0.1) is 18.1 Å². The monoisotopic (exact) mass is 528 g/mol. The van der Waals surface area contributed by atoms with Crippen LogP contribution in [0.15, 0.2) is 35.5 Å². The first kappa shape index (κ1) is 29.6. The molecule has 0 spiro atoms. The topological polar surface area (TPSA) is 76.0 Å². The van der Waals surface area contributed by atoms with Crippen LogP contribution in [0.4, 0.5) is 0 Å². The second kappa shape index (κ2) is 12.8. The molecule has 1 heterocycles. The van der Waals surface area contributed by atoms with E-state index < -0.39 is 6.10 Å². The van der Waals surface area contributed by atoms with Gasteiger partial charge in [0.15, 0.2) is 0 Å². The van der Waals surface area contributed by atoms with Gasteiger partial charge in [0, 0.05) is 32.0 Å². The van der Waals surface area contributed by atoms with Crippen molar-refractivity contribution < 1.29 is 24.5 Å². The van der Waals surface area contributed by atoms with E-state index in [2.05, 4.69) is 46.4 Å². The van der Waals surface area contributed by atoms with Crippen molar-refractivity contribution in [2.75, 3.05) is 13.2 Å². The third-order valence-electron chi connectivity index (χ3n) is 10.6. The third-order valence-corrected chi connectivity index (χ3v) is 10.6. The molecule has 1 aliphatic heterocycles. The Bertz CT molecular complexity index is 905. The molecule has 9 atom stereocenters. The maximum atomic E-state index is 12.4. The Labute approximate surface area is 230 Å². The van der Waals surface area contributed by atoms with E-state index in [1.807, 2.05) is 0 Å². The summed E-state index contributed by atoms with van der Waals surface area (Å²) < 4.78 is 11.7. The fraction of sp³-hybridized carbons (Fsp3) is 0.788. The van der Waals surface area contributed by atoms with Gasteiger partial charge < -0.3 is 19.7 Å². The average Bonchev–Trinajstić information content (AvgIpc) is 3.37. The minimum atomic E-state index is -0.527. The van der Waals surface area contributed by atoms with Crippen molar-refractivity contribution in [3.05, 3.63) is 35.5 Å². The maximum absolute atomic E-state index is 12.4. The Morgan fingerprint density at radius 2 is 2.05 bits per heavy atom. The molecule has 5 nitrogen and oxygen atoms in total. The standard InChI is InChI=1S/C33H52O5/c1-6-9-26-23(4)32(36)38-30(26)19-22(3)27-13-14-28-24(10-7-15-33(27,28)5)11-12-25-20-29(35)31(18-21(25)2)37-17-8-16-34/h11-12,22-23,26-31,34-35H,2,6-10,13-20H2,1,3-5H3/t22-,23?,26?,27-,28?,29-,30?,31?,33-/m1/s1. The quantitative estimate of drug-likeness (QED) is 0.249. The first-order chi connectivity index (χ1) is 18.2. The molecule has 38 heavy (non-hydrogen) atoms. The SMILES string of the molecule is C=C1CC(OCCCO)[C@H](O)CC1=CC=C1CCC[C@@]2(C)C1CC[C@@H]2[C@H](C)CC1OC(=O)C(C)C1CCC. The van der Waals surface area contributed by atoms with E-state index >= 15 is 0 Å². The highest BCUT2D eigenvalue weighted by atomic mass is 16.6. The van der Waals surface area contributed by atoms with Gasteiger partial charge in [-0.2, -0.15) is 0 Å². The van der Waals surface area contributed by atoms with Gasteiger partial charge in [0.25, 0.3) is 0 Å². The molecule has 5 unspecified atom stereocenters.